The van der Waals surface area contributed by atoms with Crippen LogP contribution in [0.3, 0.4) is 0 Å². The molecule has 3 aliphatic heterocycles. The van der Waals surface area contributed by atoms with Crippen LogP contribution in [0.4, 0.5) is 0 Å². The highest BCUT2D eigenvalue weighted by molar-refractivity contribution is 5.78. The van der Waals surface area contributed by atoms with Crippen molar-refractivity contribution in [2.45, 2.75) is 32.1 Å². The maximum Gasteiger partial charge on any atom is 0.236 e. The molecule has 0 aromatic heterocycles. The zero-order valence-electron chi connectivity index (χ0n) is 17.4. The van der Waals surface area contributed by atoms with E-state index >= 15 is 0 Å². The van der Waals surface area contributed by atoms with Crippen molar-refractivity contribution in [1.29, 1.82) is 0 Å². The van der Waals surface area contributed by atoms with Gasteiger partial charge < -0.3 is 14.5 Å². The van der Waals surface area contributed by atoms with Crippen molar-refractivity contribution in [3.8, 4) is 0 Å². The number of morpholine rings is 1. The lowest BCUT2D eigenvalue weighted by Crippen LogP contribution is -2.53. The first-order chi connectivity index (χ1) is 14.1. The van der Waals surface area contributed by atoms with Crippen molar-refractivity contribution in [2.24, 2.45) is 5.41 Å². The minimum atomic E-state index is 0.229. The molecular formula is C23H33N3O3. The highest BCUT2D eigenvalue weighted by Gasteiger charge is 2.41. The molecule has 0 aliphatic carbocycles. The van der Waals surface area contributed by atoms with Crippen molar-refractivity contribution in [1.82, 2.24) is 14.7 Å². The molecule has 1 aromatic carbocycles. The zero-order chi connectivity index (χ0) is 20.1. The molecule has 3 saturated heterocycles. The van der Waals surface area contributed by atoms with E-state index in [0.29, 0.717) is 32.1 Å². The summed E-state index contributed by atoms with van der Waals surface area (Å²) >= 11 is 0. The average Bonchev–Trinajstić information content (AvgIpc) is 2.77. The second kappa shape index (κ2) is 9.26. The minimum Gasteiger partial charge on any atom is -0.378 e. The quantitative estimate of drug-likeness (QED) is 0.758. The van der Waals surface area contributed by atoms with Gasteiger partial charge >= 0.3 is 0 Å². The minimum absolute atomic E-state index is 0.229. The van der Waals surface area contributed by atoms with Gasteiger partial charge in [-0.3, -0.25) is 14.5 Å². The van der Waals surface area contributed by atoms with Crippen molar-refractivity contribution in [2.75, 3.05) is 59.0 Å². The fourth-order valence-corrected chi connectivity index (χ4v) is 4.91. The van der Waals surface area contributed by atoms with Crippen LogP contribution in [0.5, 0.6) is 0 Å². The fraction of sp³-hybridized carbons (Fsp3) is 0.652. The van der Waals surface area contributed by atoms with Crippen LogP contribution in [-0.4, -0.2) is 85.5 Å². The molecule has 3 fully saturated rings. The number of likely N-dealkylation sites (tertiary alicyclic amines) is 2. The molecule has 6 heteroatoms. The number of hydrogen-bond donors (Lipinski definition) is 0. The summed E-state index contributed by atoms with van der Waals surface area (Å²) in [6.07, 6.45) is 4.75. The molecule has 3 aliphatic rings. The molecule has 3 heterocycles. The monoisotopic (exact) mass is 399 g/mol. The fourth-order valence-electron chi connectivity index (χ4n) is 4.91. The molecule has 0 atom stereocenters. The molecule has 1 aromatic rings. The number of amides is 2. The van der Waals surface area contributed by atoms with Crippen molar-refractivity contribution >= 4 is 11.8 Å². The molecule has 2 amide bonds. The second-order valence-electron chi connectivity index (χ2n) is 8.82. The second-order valence-corrected chi connectivity index (χ2v) is 8.82. The zero-order valence-corrected chi connectivity index (χ0v) is 17.4. The summed E-state index contributed by atoms with van der Waals surface area (Å²) in [5, 5.41) is 0. The molecule has 0 N–H and O–H groups in total. The number of hydrogen-bond acceptors (Lipinski definition) is 4. The lowest BCUT2D eigenvalue weighted by atomic mass is 9.72. The highest BCUT2D eigenvalue weighted by Crippen LogP contribution is 2.40. The number of carbonyl (C=O) groups is 2. The Morgan fingerprint density at radius 3 is 2.45 bits per heavy atom. The van der Waals surface area contributed by atoms with E-state index in [4.69, 9.17) is 4.74 Å². The first kappa shape index (κ1) is 20.4. The first-order valence-corrected chi connectivity index (χ1v) is 11.0. The van der Waals surface area contributed by atoms with Gasteiger partial charge in [-0.15, -0.1) is 0 Å². The summed E-state index contributed by atoms with van der Waals surface area (Å²) in [6.45, 7) is 6.86. The SMILES string of the molecule is O=C(CN1CCC2(CCC(=O)N(CCc3ccccc3)C2)CC1)N1CCOCC1. The number of rotatable bonds is 5. The van der Waals surface area contributed by atoms with Gasteiger partial charge in [0.05, 0.1) is 19.8 Å². The highest BCUT2D eigenvalue weighted by atomic mass is 16.5. The summed E-state index contributed by atoms with van der Waals surface area (Å²) in [7, 11) is 0. The third kappa shape index (κ3) is 5.17. The number of carbonyl (C=O) groups excluding carboxylic acids is 2. The summed E-state index contributed by atoms with van der Waals surface area (Å²) in [5.41, 5.74) is 1.53. The average molecular weight is 400 g/mol. The Morgan fingerprint density at radius 1 is 1.00 bits per heavy atom. The maximum absolute atomic E-state index is 12.5. The van der Waals surface area contributed by atoms with Crippen molar-refractivity contribution in [3.05, 3.63) is 35.9 Å². The summed E-state index contributed by atoms with van der Waals surface area (Å²) in [6, 6.07) is 10.4. The largest absolute Gasteiger partial charge is 0.378 e. The Balaban J connectivity index is 1.27. The molecular weight excluding hydrogens is 366 g/mol. The first-order valence-electron chi connectivity index (χ1n) is 11.0. The van der Waals surface area contributed by atoms with Gasteiger partial charge in [-0.05, 0) is 49.8 Å². The molecule has 4 rings (SSSR count). The van der Waals surface area contributed by atoms with E-state index in [2.05, 4.69) is 34.1 Å². The topological polar surface area (TPSA) is 53.1 Å². The summed E-state index contributed by atoms with van der Waals surface area (Å²) in [5.74, 6) is 0.532. The lowest BCUT2D eigenvalue weighted by Gasteiger charge is -2.47. The van der Waals surface area contributed by atoms with Gasteiger partial charge in [0, 0.05) is 32.6 Å². The van der Waals surface area contributed by atoms with Crippen LogP contribution in [-0.2, 0) is 20.7 Å². The maximum atomic E-state index is 12.5. The number of piperidine rings is 2. The molecule has 158 valence electrons. The molecule has 29 heavy (non-hydrogen) atoms. The Labute approximate surface area is 173 Å². The van der Waals surface area contributed by atoms with Crippen LogP contribution in [0.15, 0.2) is 30.3 Å². The van der Waals surface area contributed by atoms with E-state index in [0.717, 1.165) is 65.0 Å². The van der Waals surface area contributed by atoms with Gasteiger partial charge in [0.1, 0.15) is 0 Å². The van der Waals surface area contributed by atoms with Gasteiger partial charge in [0.15, 0.2) is 0 Å². The molecule has 1 spiro atoms. The lowest BCUT2D eigenvalue weighted by molar-refractivity contribution is -0.140. The molecule has 6 nitrogen and oxygen atoms in total. The van der Waals surface area contributed by atoms with Gasteiger partial charge in [-0.25, -0.2) is 0 Å². The summed E-state index contributed by atoms with van der Waals surface area (Å²) < 4.78 is 5.34. The van der Waals surface area contributed by atoms with Crippen molar-refractivity contribution in [3.63, 3.8) is 0 Å². The third-order valence-corrected chi connectivity index (χ3v) is 6.90. The predicted octanol–water partition coefficient (Wildman–Crippen LogP) is 1.79. The Hall–Kier alpha value is -1.92. The Bertz CT molecular complexity index is 695. The number of benzene rings is 1. The van der Waals surface area contributed by atoms with E-state index in [1.54, 1.807) is 0 Å². The van der Waals surface area contributed by atoms with Gasteiger partial charge in [-0.1, -0.05) is 30.3 Å². The smallest absolute Gasteiger partial charge is 0.236 e. The van der Waals surface area contributed by atoms with E-state index in [1.165, 1.54) is 5.56 Å². The van der Waals surface area contributed by atoms with Gasteiger partial charge in [0.2, 0.25) is 11.8 Å². The van der Waals surface area contributed by atoms with Gasteiger partial charge in [0.25, 0.3) is 0 Å². The van der Waals surface area contributed by atoms with Crippen molar-refractivity contribution < 1.29 is 14.3 Å². The van der Waals surface area contributed by atoms with E-state index < -0.39 is 0 Å². The van der Waals surface area contributed by atoms with Crippen LogP contribution in [0, 0.1) is 5.41 Å². The predicted molar refractivity (Wildman–Crippen MR) is 111 cm³/mol. The van der Waals surface area contributed by atoms with Crippen LogP contribution in [0.1, 0.15) is 31.2 Å². The molecule has 0 bridgehead atoms. The molecule has 0 saturated carbocycles. The van der Waals surface area contributed by atoms with Crippen LogP contribution >= 0.6 is 0 Å². The van der Waals surface area contributed by atoms with Crippen LogP contribution in [0.25, 0.3) is 0 Å². The molecule has 0 unspecified atom stereocenters. The van der Waals surface area contributed by atoms with E-state index in [-0.39, 0.29) is 11.3 Å². The van der Waals surface area contributed by atoms with E-state index in [1.807, 2.05) is 11.0 Å². The Kier molecular flexibility index (Phi) is 6.50. The number of ether oxygens (including phenoxy) is 1. The summed E-state index contributed by atoms with van der Waals surface area (Å²) in [4.78, 5) is 31.3. The van der Waals surface area contributed by atoms with Crippen LogP contribution < -0.4 is 0 Å². The standard InChI is InChI=1S/C23H33N3O3/c27-21-6-8-23(19-26(21)11-7-20-4-2-1-3-5-20)9-12-24(13-10-23)18-22(28)25-14-16-29-17-15-25/h1-5H,6-19H2. The molecule has 0 radical (unpaired) electrons. The van der Waals surface area contributed by atoms with E-state index in [9.17, 15) is 9.59 Å². The van der Waals surface area contributed by atoms with Crippen LogP contribution in [0.2, 0.25) is 0 Å². The normalized spacial score (nSPS) is 22.8. The third-order valence-electron chi connectivity index (χ3n) is 6.90. The van der Waals surface area contributed by atoms with Gasteiger partial charge in [-0.2, -0.15) is 0 Å². The Morgan fingerprint density at radius 2 is 1.72 bits per heavy atom. The number of nitrogens with zero attached hydrogens (tertiary/aromatic N) is 3.